The first-order chi connectivity index (χ1) is 10.3. The van der Waals surface area contributed by atoms with Crippen LogP contribution in [0.3, 0.4) is 0 Å². The Hall–Kier alpha value is -0.960. The van der Waals surface area contributed by atoms with Gasteiger partial charge in [0.25, 0.3) is 0 Å². The average molecular weight is 388 g/mol. The van der Waals surface area contributed by atoms with E-state index in [9.17, 15) is 18.0 Å². The lowest BCUT2D eigenvalue weighted by molar-refractivity contribution is -0.137. The van der Waals surface area contributed by atoms with Crippen LogP contribution >= 0.6 is 46.3 Å². The summed E-state index contributed by atoms with van der Waals surface area (Å²) in [7, 11) is 0. The molecule has 2 rings (SSSR count). The SMILES string of the molecule is O=C(OCc1ccc(C(F)(F)F)cc1)Sc1nc(Cl)c(Cl)s1. The molecule has 0 amide bonds. The Bertz CT molecular complexity index is 655. The molecule has 0 aliphatic heterocycles. The van der Waals surface area contributed by atoms with E-state index in [1.165, 1.54) is 12.1 Å². The van der Waals surface area contributed by atoms with E-state index >= 15 is 0 Å². The predicted octanol–water partition coefficient (Wildman–Crippen LogP) is 5.90. The minimum absolute atomic E-state index is 0.102. The third kappa shape index (κ3) is 4.77. The van der Waals surface area contributed by atoms with Crippen molar-refractivity contribution in [1.29, 1.82) is 0 Å². The van der Waals surface area contributed by atoms with Crippen LogP contribution < -0.4 is 0 Å². The Labute approximate surface area is 141 Å². The Morgan fingerprint density at radius 2 is 1.91 bits per heavy atom. The number of ether oxygens (including phenoxy) is 1. The van der Waals surface area contributed by atoms with E-state index in [2.05, 4.69) is 4.98 Å². The molecule has 22 heavy (non-hydrogen) atoms. The number of thioether (sulfide) groups is 1. The second kappa shape index (κ2) is 7.08. The standard InChI is InChI=1S/C12H6Cl2F3NO2S2/c13-8-9(14)21-10(18-8)22-11(19)20-5-6-1-3-7(4-2-6)12(15,16)17/h1-4H,5H2. The summed E-state index contributed by atoms with van der Waals surface area (Å²) >= 11 is 13.1. The number of carbonyl (C=O) groups excluding carboxylic acids is 1. The molecule has 0 N–H and O–H groups in total. The molecular weight excluding hydrogens is 382 g/mol. The first-order valence-electron chi connectivity index (χ1n) is 5.58. The van der Waals surface area contributed by atoms with E-state index in [0.717, 1.165) is 23.5 Å². The maximum atomic E-state index is 12.4. The second-order valence-electron chi connectivity index (χ2n) is 3.88. The summed E-state index contributed by atoms with van der Waals surface area (Å²) in [4.78, 5) is 15.4. The summed E-state index contributed by atoms with van der Waals surface area (Å²) in [5.41, 5.74) is -0.318. The highest BCUT2D eigenvalue weighted by atomic mass is 35.5. The molecule has 0 aliphatic rings. The van der Waals surface area contributed by atoms with Crippen molar-refractivity contribution < 1.29 is 22.7 Å². The van der Waals surface area contributed by atoms with Gasteiger partial charge < -0.3 is 4.74 Å². The van der Waals surface area contributed by atoms with Crippen LogP contribution in [0.4, 0.5) is 18.0 Å². The van der Waals surface area contributed by atoms with E-state index in [1.54, 1.807) is 0 Å². The lowest BCUT2D eigenvalue weighted by Gasteiger charge is -2.07. The van der Waals surface area contributed by atoms with Gasteiger partial charge >= 0.3 is 11.5 Å². The average Bonchev–Trinajstić information content (AvgIpc) is 2.74. The van der Waals surface area contributed by atoms with Gasteiger partial charge in [0, 0.05) is 11.8 Å². The fourth-order valence-corrected chi connectivity index (χ4v) is 3.48. The molecule has 0 saturated heterocycles. The van der Waals surface area contributed by atoms with Gasteiger partial charge in [0.2, 0.25) is 0 Å². The van der Waals surface area contributed by atoms with E-state index < -0.39 is 17.0 Å². The number of benzene rings is 1. The van der Waals surface area contributed by atoms with Crippen LogP contribution in [-0.4, -0.2) is 10.3 Å². The summed E-state index contributed by atoms with van der Waals surface area (Å²) in [6.07, 6.45) is -4.39. The maximum Gasteiger partial charge on any atom is 0.416 e. The first kappa shape index (κ1) is 17.4. The minimum Gasteiger partial charge on any atom is -0.452 e. The molecule has 2 aromatic rings. The van der Waals surface area contributed by atoms with E-state index in [0.29, 0.717) is 21.7 Å². The fraction of sp³-hybridized carbons (Fsp3) is 0.167. The molecule has 10 heteroatoms. The lowest BCUT2D eigenvalue weighted by atomic mass is 10.1. The molecule has 0 unspecified atom stereocenters. The number of carbonyl (C=O) groups is 1. The molecule has 1 heterocycles. The van der Waals surface area contributed by atoms with Crippen molar-refractivity contribution in [2.45, 2.75) is 17.1 Å². The zero-order chi connectivity index (χ0) is 16.3. The number of hydrogen-bond acceptors (Lipinski definition) is 5. The quantitative estimate of drug-likeness (QED) is 0.485. The molecule has 1 aromatic heterocycles. The van der Waals surface area contributed by atoms with Crippen LogP contribution in [0, 0.1) is 0 Å². The molecule has 118 valence electrons. The predicted molar refractivity (Wildman–Crippen MR) is 79.6 cm³/mol. The van der Waals surface area contributed by atoms with Crippen LogP contribution in [0.1, 0.15) is 11.1 Å². The van der Waals surface area contributed by atoms with Crippen LogP contribution in [0.15, 0.2) is 28.6 Å². The van der Waals surface area contributed by atoms with Crippen molar-refractivity contribution in [2.75, 3.05) is 0 Å². The minimum atomic E-state index is -4.39. The number of aromatic nitrogens is 1. The third-order valence-corrected chi connectivity index (χ3v) is 4.92. The smallest absolute Gasteiger partial charge is 0.416 e. The second-order valence-corrected chi connectivity index (χ2v) is 7.02. The molecule has 0 saturated carbocycles. The van der Waals surface area contributed by atoms with E-state index in [-0.39, 0.29) is 16.1 Å². The van der Waals surface area contributed by atoms with Crippen LogP contribution in [-0.2, 0) is 17.5 Å². The highest BCUT2D eigenvalue weighted by molar-refractivity contribution is 8.14. The van der Waals surface area contributed by atoms with Gasteiger partial charge in [-0.15, -0.1) is 0 Å². The first-order valence-corrected chi connectivity index (χ1v) is 7.97. The zero-order valence-corrected chi connectivity index (χ0v) is 13.6. The monoisotopic (exact) mass is 387 g/mol. The molecule has 0 aliphatic carbocycles. The van der Waals surface area contributed by atoms with Crippen molar-refractivity contribution in [3.8, 4) is 0 Å². The summed E-state index contributed by atoms with van der Waals surface area (Å²) < 4.78 is 42.7. The molecular formula is C12H6Cl2F3NO2S2. The van der Waals surface area contributed by atoms with Gasteiger partial charge in [-0.1, -0.05) is 46.7 Å². The molecule has 0 radical (unpaired) electrons. The van der Waals surface area contributed by atoms with Crippen LogP contribution in [0.25, 0.3) is 0 Å². The molecule has 0 atom stereocenters. The molecule has 0 spiro atoms. The fourth-order valence-electron chi connectivity index (χ4n) is 1.34. The molecule has 3 nitrogen and oxygen atoms in total. The summed E-state index contributed by atoms with van der Waals surface area (Å²) in [6.45, 7) is -0.142. The highest BCUT2D eigenvalue weighted by Gasteiger charge is 2.29. The number of rotatable bonds is 3. The Kier molecular flexibility index (Phi) is 5.60. The van der Waals surface area contributed by atoms with Crippen molar-refractivity contribution in [3.63, 3.8) is 0 Å². The Morgan fingerprint density at radius 3 is 2.41 bits per heavy atom. The van der Waals surface area contributed by atoms with Gasteiger partial charge in [-0.25, -0.2) is 9.78 Å². The van der Waals surface area contributed by atoms with Gasteiger partial charge in [-0.05, 0) is 17.7 Å². The van der Waals surface area contributed by atoms with Gasteiger partial charge in [0.1, 0.15) is 10.9 Å². The van der Waals surface area contributed by atoms with Crippen molar-refractivity contribution in [1.82, 2.24) is 4.98 Å². The number of halogens is 5. The lowest BCUT2D eigenvalue weighted by Crippen LogP contribution is -2.05. The van der Waals surface area contributed by atoms with Crippen LogP contribution in [0.2, 0.25) is 9.49 Å². The number of hydrogen-bond donors (Lipinski definition) is 0. The number of thiazole rings is 1. The number of alkyl halides is 3. The van der Waals surface area contributed by atoms with Crippen molar-refractivity contribution in [2.24, 2.45) is 0 Å². The number of nitrogens with zero attached hydrogens (tertiary/aromatic N) is 1. The molecule has 1 aromatic carbocycles. The van der Waals surface area contributed by atoms with Gasteiger partial charge in [0.15, 0.2) is 9.49 Å². The largest absolute Gasteiger partial charge is 0.452 e. The summed E-state index contributed by atoms with van der Waals surface area (Å²) in [5, 5.41) is -0.549. The molecule has 0 fully saturated rings. The van der Waals surface area contributed by atoms with Gasteiger partial charge in [-0.3, -0.25) is 0 Å². The normalized spacial score (nSPS) is 11.5. The summed E-state index contributed by atoms with van der Waals surface area (Å²) in [5.74, 6) is 0. The van der Waals surface area contributed by atoms with E-state index in [4.69, 9.17) is 27.9 Å². The highest BCUT2D eigenvalue weighted by Crippen LogP contribution is 2.34. The van der Waals surface area contributed by atoms with Gasteiger partial charge in [-0.2, -0.15) is 13.2 Å². The van der Waals surface area contributed by atoms with E-state index in [1.807, 2.05) is 0 Å². The van der Waals surface area contributed by atoms with Crippen molar-refractivity contribution >= 4 is 51.6 Å². The zero-order valence-electron chi connectivity index (χ0n) is 10.5. The van der Waals surface area contributed by atoms with Gasteiger partial charge in [0.05, 0.1) is 5.56 Å². The Balaban J connectivity index is 1.88. The van der Waals surface area contributed by atoms with Crippen molar-refractivity contribution in [3.05, 3.63) is 44.9 Å². The Morgan fingerprint density at radius 1 is 1.27 bits per heavy atom. The summed E-state index contributed by atoms with van der Waals surface area (Å²) in [6, 6.07) is 4.35. The molecule has 0 bridgehead atoms. The van der Waals surface area contributed by atoms with Crippen LogP contribution in [0.5, 0.6) is 0 Å². The maximum absolute atomic E-state index is 12.4. The third-order valence-electron chi connectivity index (χ3n) is 2.34. The topological polar surface area (TPSA) is 39.2 Å².